The van der Waals surface area contributed by atoms with Crippen LogP contribution in [0.2, 0.25) is 0 Å². The van der Waals surface area contributed by atoms with E-state index in [1.54, 1.807) is 11.3 Å². The molecule has 0 aliphatic heterocycles. The van der Waals surface area contributed by atoms with Gasteiger partial charge in [0, 0.05) is 5.56 Å². The summed E-state index contributed by atoms with van der Waals surface area (Å²) in [4.78, 5) is 9.68. The smallest absolute Gasteiger partial charge is 0.191 e. The van der Waals surface area contributed by atoms with Crippen LogP contribution in [0.1, 0.15) is 5.56 Å². The Balaban J connectivity index is 1.70. The molecule has 3 nitrogen and oxygen atoms in total. The lowest BCUT2D eigenvalue weighted by Crippen LogP contribution is -1.95. The number of fused-ring (bicyclic) bond motifs is 1. The van der Waals surface area contributed by atoms with Gasteiger partial charge in [-0.15, -0.1) is 11.3 Å². The van der Waals surface area contributed by atoms with Crippen LogP contribution in [0.25, 0.3) is 10.2 Å². The van der Waals surface area contributed by atoms with Crippen molar-refractivity contribution < 1.29 is 0 Å². The molecule has 3 rings (SSSR count). The standard InChI is InChI=1S/C15H11N3S2/c16-13-12-8-10-19-14(12)18-15(17-13)20-9-4-7-11-5-2-1-3-6-11/h1-3,5-6,8,10H,9H2,(H2,16,17,18). The first-order valence-electron chi connectivity index (χ1n) is 6.00. The van der Waals surface area contributed by atoms with Crippen LogP contribution in [0.3, 0.4) is 0 Å². The molecule has 2 N–H and O–H groups in total. The first-order valence-corrected chi connectivity index (χ1v) is 7.87. The third kappa shape index (κ3) is 2.93. The van der Waals surface area contributed by atoms with Crippen molar-refractivity contribution in [3.05, 3.63) is 47.3 Å². The van der Waals surface area contributed by atoms with E-state index in [9.17, 15) is 0 Å². The SMILES string of the molecule is Nc1nc(SCC#Cc2ccccc2)nc2sccc12. The van der Waals surface area contributed by atoms with E-state index in [1.165, 1.54) is 11.8 Å². The van der Waals surface area contributed by atoms with E-state index in [0.29, 0.717) is 16.7 Å². The molecule has 0 bridgehead atoms. The molecule has 20 heavy (non-hydrogen) atoms. The van der Waals surface area contributed by atoms with Crippen LogP contribution in [-0.4, -0.2) is 15.7 Å². The van der Waals surface area contributed by atoms with Crippen LogP contribution in [-0.2, 0) is 0 Å². The second kappa shape index (κ2) is 5.95. The lowest BCUT2D eigenvalue weighted by molar-refractivity contribution is 1.02. The fourth-order valence-corrected chi connectivity index (χ4v) is 3.10. The lowest BCUT2D eigenvalue weighted by atomic mass is 10.2. The average Bonchev–Trinajstić information content (AvgIpc) is 2.94. The number of anilines is 1. The van der Waals surface area contributed by atoms with Crippen LogP contribution in [0.5, 0.6) is 0 Å². The number of nitrogens with zero attached hydrogens (tertiary/aromatic N) is 2. The van der Waals surface area contributed by atoms with Gasteiger partial charge in [-0.25, -0.2) is 9.97 Å². The summed E-state index contributed by atoms with van der Waals surface area (Å²) in [6.07, 6.45) is 0. The molecule has 0 saturated heterocycles. The number of thiophene rings is 1. The Morgan fingerprint density at radius 2 is 2.00 bits per heavy atom. The second-order valence-electron chi connectivity index (χ2n) is 3.99. The van der Waals surface area contributed by atoms with Gasteiger partial charge in [-0.3, -0.25) is 0 Å². The molecule has 0 aliphatic rings. The van der Waals surface area contributed by atoms with E-state index >= 15 is 0 Å². The van der Waals surface area contributed by atoms with Gasteiger partial charge in [0.15, 0.2) is 5.16 Å². The molecular formula is C15H11N3S2. The zero-order valence-electron chi connectivity index (χ0n) is 10.5. The largest absolute Gasteiger partial charge is 0.383 e. The molecule has 0 spiro atoms. The Morgan fingerprint density at radius 3 is 2.85 bits per heavy atom. The molecule has 0 saturated carbocycles. The zero-order chi connectivity index (χ0) is 13.8. The Bertz CT molecular complexity index is 785. The number of benzene rings is 1. The molecule has 0 fully saturated rings. The van der Waals surface area contributed by atoms with Gasteiger partial charge < -0.3 is 5.73 Å². The molecular weight excluding hydrogens is 286 g/mol. The van der Waals surface area contributed by atoms with Gasteiger partial charge in [-0.2, -0.15) is 0 Å². The minimum atomic E-state index is 0.537. The van der Waals surface area contributed by atoms with E-state index in [2.05, 4.69) is 21.8 Å². The summed E-state index contributed by atoms with van der Waals surface area (Å²) < 4.78 is 0. The van der Waals surface area contributed by atoms with E-state index in [0.717, 1.165) is 15.8 Å². The second-order valence-corrected chi connectivity index (χ2v) is 5.82. The fourth-order valence-electron chi connectivity index (χ4n) is 1.68. The average molecular weight is 297 g/mol. The number of hydrogen-bond acceptors (Lipinski definition) is 5. The highest BCUT2D eigenvalue weighted by atomic mass is 32.2. The van der Waals surface area contributed by atoms with Crippen LogP contribution in [0, 0.1) is 11.8 Å². The quantitative estimate of drug-likeness (QED) is 0.447. The molecule has 3 aromatic rings. The maximum absolute atomic E-state index is 5.90. The van der Waals surface area contributed by atoms with Crippen molar-refractivity contribution in [3.8, 4) is 11.8 Å². The first kappa shape index (κ1) is 13.0. The van der Waals surface area contributed by atoms with Crippen molar-refractivity contribution in [1.82, 2.24) is 9.97 Å². The minimum absolute atomic E-state index is 0.537. The maximum Gasteiger partial charge on any atom is 0.191 e. The summed E-state index contributed by atoms with van der Waals surface area (Å²) in [6, 6.07) is 11.9. The molecule has 0 atom stereocenters. The number of aromatic nitrogens is 2. The van der Waals surface area contributed by atoms with Gasteiger partial charge in [-0.1, -0.05) is 41.8 Å². The van der Waals surface area contributed by atoms with Crippen molar-refractivity contribution in [2.45, 2.75) is 5.16 Å². The van der Waals surface area contributed by atoms with Crippen molar-refractivity contribution in [1.29, 1.82) is 0 Å². The normalized spacial score (nSPS) is 10.2. The monoisotopic (exact) mass is 297 g/mol. The third-order valence-corrected chi connectivity index (χ3v) is 4.15. The number of thioether (sulfide) groups is 1. The van der Waals surface area contributed by atoms with Gasteiger partial charge in [0.05, 0.1) is 11.1 Å². The van der Waals surface area contributed by atoms with Crippen LogP contribution < -0.4 is 5.73 Å². The van der Waals surface area contributed by atoms with E-state index in [-0.39, 0.29) is 0 Å². The summed E-state index contributed by atoms with van der Waals surface area (Å²) in [7, 11) is 0. The highest BCUT2D eigenvalue weighted by Crippen LogP contribution is 2.25. The maximum atomic E-state index is 5.90. The Hall–Kier alpha value is -2.03. The Morgan fingerprint density at radius 1 is 1.15 bits per heavy atom. The van der Waals surface area contributed by atoms with E-state index < -0.39 is 0 Å². The summed E-state index contributed by atoms with van der Waals surface area (Å²) in [6.45, 7) is 0. The van der Waals surface area contributed by atoms with Crippen LogP contribution >= 0.6 is 23.1 Å². The topological polar surface area (TPSA) is 51.8 Å². The third-order valence-electron chi connectivity index (χ3n) is 2.61. The van der Waals surface area contributed by atoms with Gasteiger partial charge >= 0.3 is 0 Å². The number of nitrogens with two attached hydrogens (primary N) is 1. The molecule has 0 aliphatic carbocycles. The summed E-state index contributed by atoms with van der Waals surface area (Å²) in [5, 5.41) is 3.58. The number of rotatable bonds is 2. The van der Waals surface area contributed by atoms with E-state index in [1.807, 2.05) is 41.8 Å². The Kier molecular flexibility index (Phi) is 3.86. The fraction of sp³-hybridized carbons (Fsp3) is 0.0667. The van der Waals surface area contributed by atoms with Crippen molar-refractivity contribution >= 4 is 39.1 Å². The molecule has 0 unspecified atom stereocenters. The van der Waals surface area contributed by atoms with Gasteiger partial charge in [-0.05, 0) is 23.6 Å². The number of hydrogen-bond donors (Lipinski definition) is 1. The molecule has 0 radical (unpaired) electrons. The van der Waals surface area contributed by atoms with Crippen LogP contribution in [0.4, 0.5) is 5.82 Å². The summed E-state index contributed by atoms with van der Waals surface area (Å²) in [5.41, 5.74) is 6.92. The predicted octanol–water partition coefficient (Wildman–Crippen LogP) is 3.42. The molecule has 2 aromatic heterocycles. The summed E-state index contributed by atoms with van der Waals surface area (Å²) in [5.74, 6) is 7.39. The van der Waals surface area contributed by atoms with Crippen molar-refractivity contribution in [2.75, 3.05) is 11.5 Å². The van der Waals surface area contributed by atoms with Crippen molar-refractivity contribution in [3.63, 3.8) is 0 Å². The van der Waals surface area contributed by atoms with Gasteiger partial charge in [0.1, 0.15) is 10.6 Å². The minimum Gasteiger partial charge on any atom is -0.383 e. The predicted molar refractivity (Wildman–Crippen MR) is 85.9 cm³/mol. The Labute approximate surface area is 125 Å². The van der Waals surface area contributed by atoms with Crippen LogP contribution in [0.15, 0.2) is 46.9 Å². The zero-order valence-corrected chi connectivity index (χ0v) is 12.2. The van der Waals surface area contributed by atoms with Crippen molar-refractivity contribution in [2.24, 2.45) is 0 Å². The highest BCUT2D eigenvalue weighted by Gasteiger charge is 2.05. The first-order chi connectivity index (χ1) is 9.83. The highest BCUT2D eigenvalue weighted by molar-refractivity contribution is 7.99. The molecule has 2 heterocycles. The molecule has 5 heteroatoms. The lowest BCUT2D eigenvalue weighted by Gasteiger charge is -1.99. The molecule has 0 amide bonds. The number of nitrogen functional groups attached to an aromatic ring is 1. The molecule has 1 aromatic carbocycles. The molecule has 98 valence electrons. The van der Waals surface area contributed by atoms with Gasteiger partial charge in [0.2, 0.25) is 0 Å². The van der Waals surface area contributed by atoms with Gasteiger partial charge in [0.25, 0.3) is 0 Å². The summed E-state index contributed by atoms with van der Waals surface area (Å²) >= 11 is 3.07. The van der Waals surface area contributed by atoms with E-state index in [4.69, 9.17) is 5.73 Å².